The van der Waals surface area contributed by atoms with Gasteiger partial charge in [-0.15, -0.1) is 12.4 Å². The maximum atomic E-state index is 5.79. The van der Waals surface area contributed by atoms with Crippen molar-refractivity contribution in [2.75, 3.05) is 24.6 Å². The molecule has 1 saturated heterocycles. The molecule has 0 radical (unpaired) electrons. The molecule has 0 bridgehead atoms. The first-order valence-corrected chi connectivity index (χ1v) is 7.01. The highest BCUT2D eigenvalue weighted by atomic mass is 35.5. The van der Waals surface area contributed by atoms with Gasteiger partial charge >= 0.3 is 0 Å². The molecule has 1 fully saturated rings. The van der Waals surface area contributed by atoms with E-state index in [0.29, 0.717) is 0 Å². The van der Waals surface area contributed by atoms with Crippen molar-refractivity contribution in [1.82, 2.24) is 4.90 Å². The second kappa shape index (κ2) is 7.14. The van der Waals surface area contributed by atoms with Crippen LogP contribution in [0.3, 0.4) is 0 Å². The number of benzene rings is 1. The molecule has 1 unspecified atom stereocenters. The van der Waals surface area contributed by atoms with E-state index < -0.39 is 0 Å². The van der Waals surface area contributed by atoms with Crippen LogP contribution in [-0.2, 0) is 6.54 Å². The monoisotopic (exact) mass is 272 g/mol. The van der Waals surface area contributed by atoms with Gasteiger partial charge in [-0.3, -0.25) is 4.90 Å². The average molecular weight is 273 g/mol. The number of nitrogen functional groups attached to an aromatic ring is 1. The molecule has 1 aliphatic heterocycles. The molecule has 1 aromatic rings. The van der Waals surface area contributed by atoms with E-state index in [1.807, 2.05) is 12.1 Å². The Morgan fingerprint density at radius 2 is 2.29 bits per heavy atom. The summed E-state index contributed by atoms with van der Waals surface area (Å²) in [5, 5.41) is 0.815. The van der Waals surface area contributed by atoms with E-state index in [9.17, 15) is 0 Å². The van der Waals surface area contributed by atoms with Gasteiger partial charge in [0.05, 0.1) is 0 Å². The molecule has 1 aromatic carbocycles. The highest BCUT2D eigenvalue weighted by Crippen LogP contribution is 2.22. The molecule has 1 heterocycles. The fourth-order valence-electron chi connectivity index (χ4n) is 2.12. The van der Waals surface area contributed by atoms with Crippen LogP contribution in [0.5, 0.6) is 0 Å². The third-order valence-corrected chi connectivity index (χ3v) is 4.41. The van der Waals surface area contributed by atoms with E-state index >= 15 is 0 Å². The lowest BCUT2D eigenvalue weighted by molar-refractivity contribution is 0.273. The number of nitrogens with zero attached hydrogens (tertiary/aromatic N) is 1. The third-order valence-electron chi connectivity index (χ3n) is 3.04. The van der Waals surface area contributed by atoms with E-state index in [0.717, 1.165) is 17.5 Å². The van der Waals surface area contributed by atoms with Gasteiger partial charge in [-0.05, 0) is 24.1 Å². The van der Waals surface area contributed by atoms with Crippen molar-refractivity contribution in [1.29, 1.82) is 0 Å². The summed E-state index contributed by atoms with van der Waals surface area (Å²) >= 11 is 2.11. The van der Waals surface area contributed by atoms with Crippen LogP contribution in [0.2, 0.25) is 0 Å². The molecule has 0 saturated carbocycles. The summed E-state index contributed by atoms with van der Waals surface area (Å²) in [6, 6.07) is 8.24. The summed E-state index contributed by atoms with van der Waals surface area (Å²) in [5.74, 6) is 1.26. The molecular weight excluding hydrogens is 252 g/mol. The van der Waals surface area contributed by atoms with Crippen LogP contribution in [-0.4, -0.2) is 29.0 Å². The number of halogens is 1. The minimum absolute atomic E-state index is 0. The van der Waals surface area contributed by atoms with Crippen molar-refractivity contribution >= 4 is 29.9 Å². The van der Waals surface area contributed by atoms with Crippen molar-refractivity contribution in [3.05, 3.63) is 29.8 Å². The molecule has 1 atom stereocenters. The molecule has 2 rings (SSSR count). The topological polar surface area (TPSA) is 29.3 Å². The Morgan fingerprint density at radius 1 is 1.47 bits per heavy atom. The molecule has 17 heavy (non-hydrogen) atoms. The Labute approximate surface area is 114 Å². The summed E-state index contributed by atoms with van der Waals surface area (Å²) in [6.45, 7) is 5.75. The Kier molecular flexibility index (Phi) is 6.17. The van der Waals surface area contributed by atoms with E-state index in [4.69, 9.17) is 5.73 Å². The maximum Gasteiger partial charge on any atom is 0.0317 e. The van der Waals surface area contributed by atoms with Crippen LogP contribution in [0, 0.1) is 0 Å². The number of thioether (sulfide) groups is 1. The van der Waals surface area contributed by atoms with Gasteiger partial charge in [0.2, 0.25) is 0 Å². The van der Waals surface area contributed by atoms with E-state index in [2.05, 4.69) is 35.7 Å². The summed E-state index contributed by atoms with van der Waals surface area (Å²) < 4.78 is 0. The first-order chi connectivity index (χ1) is 7.78. The standard InChI is InChI=1S/C13H20N2S.ClH/c1-2-13-10-15(6-7-16-13)9-11-4-3-5-12(14)8-11;/h3-5,8,13H,2,6-7,9-10,14H2,1H3;1H. The van der Waals surface area contributed by atoms with Gasteiger partial charge in [0.25, 0.3) is 0 Å². The van der Waals surface area contributed by atoms with Crippen molar-refractivity contribution in [3.63, 3.8) is 0 Å². The normalized spacial score (nSPS) is 20.9. The van der Waals surface area contributed by atoms with Crippen molar-refractivity contribution < 1.29 is 0 Å². The lowest BCUT2D eigenvalue weighted by Gasteiger charge is -2.31. The fourth-order valence-corrected chi connectivity index (χ4v) is 3.37. The molecule has 0 amide bonds. The summed E-state index contributed by atoms with van der Waals surface area (Å²) in [6.07, 6.45) is 1.28. The highest BCUT2D eigenvalue weighted by molar-refractivity contribution is 8.00. The van der Waals surface area contributed by atoms with Gasteiger partial charge in [0.15, 0.2) is 0 Å². The molecule has 2 N–H and O–H groups in total. The fraction of sp³-hybridized carbons (Fsp3) is 0.538. The second-order valence-corrected chi connectivity index (χ2v) is 5.79. The zero-order valence-electron chi connectivity index (χ0n) is 10.3. The second-order valence-electron chi connectivity index (χ2n) is 4.38. The predicted molar refractivity (Wildman–Crippen MR) is 79.9 cm³/mol. The molecule has 0 spiro atoms. The Bertz CT molecular complexity index is 346. The first kappa shape index (κ1) is 14.7. The largest absolute Gasteiger partial charge is 0.399 e. The molecule has 4 heteroatoms. The van der Waals surface area contributed by atoms with Crippen molar-refractivity contribution in [2.24, 2.45) is 0 Å². The summed E-state index contributed by atoms with van der Waals surface area (Å²) in [5.41, 5.74) is 8.00. The highest BCUT2D eigenvalue weighted by Gasteiger charge is 2.18. The molecule has 0 aliphatic carbocycles. The SMILES string of the molecule is CCC1CN(Cc2cccc(N)c2)CCS1.Cl. The van der Waals surface area contributed by atoms with Gasteiger partial charge in [-0.1, -0.05) is 19.1 Å². The van der Waals surface area contributed by atoms with Gasteiger partial charge in [0, 0.05) is 36.3 Å². The molecule has 96 valence electrons. The minimum Gasteiger partial charge on any atom is -0.399 e. The zero-order valence-corrected chi connectivity index (χ0v) is 11.9. The minimum atomic E-state index is 0. The first-order valence-electron chi connectivity index (χ1n) is 5.96. The van der Waals surface area contributed by atoms with Gasteiger partial charge in [-0.25, -0.2) is 0 Å². The zero-order chi connectivity index (χ0) is 11.4. The predicted octanol–water partition coefficient (Wildman–Crippen LogP) is 3.02. The number of hydrogen-bond acceptors (Lipinski definition) is 3. The van der Waals surface area contributed by atoms with Crippen LogP contribution >= 0.6 is 24.2 Å². The van der Waals surface area contributed by atoms with Crippen LogP contribution in [0.1, 0.15) is 18.9 Å². The summed E-state index contributed by atoms with van der Waals surface area (Å²) in [4.78, 5) is 2.54. The van der Waals surface area contributed by atoms with E-state index in [1.165, 1.54) is 30.8 Å². The Balaban J connectivity index is 0.00000144. The lowest BCUT2D eigenvalue weighted by atomic mass is 10.2. The van der Waals surface area contributed by atoms with Gasteiger partial charge in [0.1, 0.15) is 0 Å². The molecule has 2 nitrogen and oxygen atoms in total. The molecule has 1 aliphatic rings. The maximum absolute atomic E-state index is 5.79. The van der Waals surface area contributed by atoms with Crippen LogP contribution in [0.4, 0.5) is 5.69 Å². The Morgan fingerprint density at radius 3 is 3.00 bits per heavy atom. The smallest absolute Gasteiger partial charge is 0.0317 e. The van der Waals surface area contributed by atoms with Crippen LogP contribution < -0.4 is 5.73 Å². The van der Waals surface area contributed by atoms with Crippen LogP contribution in [0.15, 0.2) is 24.3 Å². The third kappa shape index (κ3) is 4.41. The summed E-state index contributed by atoms with van der Waals surface area (Å²) in [7, 11) is 0. The number of rotatable bonds is 3. The molecule has 0 aromatic heterocycles. The van der Waals surface area contributed by atoms with Crippen molar-refractivity contribution in [2.45, 2.75) is 25.1 Å². The van der Waals surface area contributed by atoms with E-state index in [1.54, 1.807) is 0 Å². The average Bonchev–Trinajstić information content (AvgIpc) is 2.29. The number of nitrogens with two attached hydrogens (primary N) is 1. The van der Waals surface area contributed by atoms with Crippen molar-refractivity contribution in [3.8, 4) is 0 Å². The lowest BCUT2D eigenvalue weighted by Crippen LogP contribution is -2.37. The van der Waals surface area contributed by atoms with Crippen LogP contribution in [0.25, 0.3) is 0 Å². The van der Waals surface area contributed by atoms with Gasteiger partial charge < -0.3 is 5.73 Å². The Hall–Kier alpha value is -0.380. The number of anilines is 1. The van der Waals surface area contributed by atoms with Gasteiger partial charge in [-0.2, -0.15) is 11.8 Å². The van der Waals surface area contributed by atoms with E-state index in [-0.39, 0.29) is 12.4 Å². The molecular formula is C13H21ClN2S. The quantitative estimate of drug-likeness (QED) is 0.858. The number of hydrogen-bond donors (Lipinski definition) is 1.